The molecule has 1 heterocycles. The van der Waals surface area contributed by atoms with Crippen LogP contribution in [0.5, 0.6) is 0 Å². The average molecular weight is 269 g/mol. The van der Waals surface area contributed by atoms with Crippen molar-refractivity contribution in [1.29, 1.82) is 0 Å². The molecule has 18 heavy (non-hydrogen) atoms. The zero-order valence-electron chi connectivity index (χ0n) is 12.3. The van der Waals surface area contributed by atoms with Gasteiger partial charge in [-0.25, -0.2) is 0 Å². The second kappa shape index (κ2) is 7.85. The predicted octanol–water partition coefficient (Wildman–Crippen LogP) is 3.94. The van der Waals surface area contributed by atoms with Crippen LogP contribution in [0, 0.1) is 0 Å². The van der Waals surface area contributed by atoms with Crippen molar-refractivity contribution in [3.63, 3.8) is 0 Å². The summed E-state index contributed by atoms with van der Waals surface area (Å²) in [5.41, 5.74) is 0.145. The van der Waals surface area contributed by atoms with Gasteiger partial charge in [-0.15, -0.1) is 21.5 Å². The van der Waals surface area contributed by atoms with Gasteiger partial charge in [0, 0.05) is 12.0 Å². The minimum atomic E-state index is 0.145. The van der Waals surface area contributed by atoms with E-state index in [1.165, 1.54) is 37.1 Å². The number of nitrogens with one attached hydrogen (secondary N) is 1. The molecule has 0 amide bonds. The Morgan fingerprint density at radius 3 is 2.33 bits per heavy atom. The maximum Gasteiger partial charge on any atom is 0.131 e. The Kier molecular flexibility index (Phi) is 6.79. The minimum absolute atomic E-state index is 0.145. The lowest BCUT2D eigenvalue weighted by molar-refractivity contribution is 0.423. The van der Waals surface area contributed by atoms with Crippen molar-refractivity contribution in [3.05, 3.63) is 10.0 Å². The van der Waals surface area contributed by atoms with E-state index in [1.54, 1.807) is 11.3 Å². The van der Waals surface area contributed by atoms with E-state index in [0.29, 0.717) is 0 Å². The molecule has 0 atom stereocenters. The monoisotopic (exact) mass is 269 g/mol. The largest absolute Gasteiger partial charge is 0.306 e. The van der Waals surface area contributed by atoms with Crippen LogP contribution >= 0.6 is 11.3 Å². The lowest BCUT2D eigenvalue weighted by Crippen LogP contribution is -2.35. The third-order valence-electron chi connectivity index (χ3n) is 2.77. The van der Waals surface area contributed by atoms with Crippen LogP contribution in [-0.4, -0.2) is 15.7 Å². The molecule has 0 radical (unpaired) electrons. The number of aromatic nitrogens is 2. The molecule has 0 aliphatic heterocycles. The number of rotatable bonds is 8. The van der Waals surface area contributed by atoms with Gasteiger partial charge >= 0.3 is 0 Å². The summed E-state index contributed by atoms with van der Waals surface area (Å²) in [6.45, 7) is 9.59. The van der Waals surface area contributed by atoms with Crippen LogP contribution in [0.3, 0.4) is 0 Å². The highest BCUT2D eigenvalue weighted by atomic mass is 32.1. The Morgan fingerprint density at radius 1 is 1.00 bits per heavy atom. The molecule has 0 unspecified atom stereocenters. The molecule has 0 aromatic carbocycles. The Hall–Kier alpha value is -0.480. The molecule has 1 aromatic heterocycles. The Morgan fingerprint density at radius 2 is 1.67 bits per heavy atom. The first kappa shape index (κ1) is 15.6. The second-order valence-electron chi connectivity index (χ2n) is 5.86. The third kappa shape index (κ3) is 7.07. The van der Waals surface area contributed by atoms with Crippen LogP contribution in [0.2, 0.25) is 0 Å². The van der Waals surface area contributed by atoms with E-state index in [2.05, 4.69) is 43.2 Å². The molecule has 0 saturated carbocycles. The van der Waals surface area contributed by atoms with E-state index < -0.39 is 0 Å². The summed E-state index contributed by atoms with van der Waals surface area (Å²) >= 11 is 1.75. The Labute approximate surface area is 115 Å². The van der Waals surface area contributed by atoms with E-state index in [0.717, 1.165) is 18.0 Å². The van der Waals surface area contributed by atoms with Crippen LogP contribution in [-0.2, 0) is 13.0 Å². The third-order valence-corrected chi connectivity index (χ3v) is 3.76. The summed E-state index contributed by atoms with van der Waals surface area (Å²) < 4.78 is 0. The molecule has 0 fully saturated rings. The second-order valence-corrected chi connectivity index (χ2v) is 7.00. The van der Waals surface area contributed by atoms with E-state index >= 15 is 0 Å². The number of hydrogen-bond donors (Lipinski definition) is 1. The first-order valence-corrected chi connectivity index (χ1v) is 7.89. The van der Waals surface area contributed by atoms with Crippen LogP contribution in [0.25, 0.3) is 0 Å². The highest BCUT2D eigenvalue weighted by Gasteiger charge is 2.10. The lowest BCUT2D eigenvalue weighted by atomic mass is 10.1. The zero-order chi connectivity index (χ0) is 13.4. The summed E-state index contributed by atoms with van der Waals surface area (Å²) in [6.07, 6.45) is 7.69. The van der Waals surface area contributed by atoms with E-state index in [4.69, 9.17) is 0 Å². The van der Waals surface area contributed by atoms with Crippen LogP contribution in [0.4, 0.5) is 0 Å². The van der Waals surface area contributed by atoms with E-state index in [1.807, 2.05) is 0 Å². The van der Waals surface area contributed by atoms with Crippen LogP contribution < -0.4 is 5.32 Å². The van der Waals surface area contributed by atoms with Gasteiger partial charge in [0.25, 0.3) is 0 Å². The van der Waals surface area contributed by atoms with Crippen molar-refractivity contribution < 1.29 is 0 Å². The summed E-state index contributed by atoms with van der Waals surface area (Å²) in [5, 5.41) is 14.2. The number of aryl methyl sites for hydroxylation is 1. The van der Waals surface area contributed by atoms with Gasteiger partial charge in [-0.1, -0.05) is 32.6 Å². The topological polar surface area (TPSA) is 37.8 Å². The number of unbranched alkanes of at least 4 members (excludes halogenated alkanes) is 4. The van der Waals surface area contributed by atoms with Crippen molar-refractivity contribution in [1.82, 2.24) is 15.5 Å². The molecule has 0 spiro atoms. The quantitative estimate of drug-likeness (QED) is 0.726. The molecule has 0 aliphatic rings. The molecule has 1 aromatic rings. The number of hydrogen-bond acceptors (Lipinski definition) is 4. The van der Waals surface area contributed by atoms with Gasteiger partial charge in [-0.3, -0.25) is 0 Å². The van der Waals surface area contributed by atoms with Crippen LogP contribution in [0.1, 0.15) is 69.8 Å². The Bertz CT molecular complexity index is 328. The molecular formula is C14H27N3S. The van der Waals surface area contributed by atoms with Crippen molar-refractivity contribution in [2.75, 3.05) is 0 Å². The molecule has 104 valence electrons. The van der Waals surface area contributed by atoms with Crippen molar-refractivity contribution >= 4 is 11.3 Å². The van der Waals surface area contributed by atoms with Gasteiger partial charge < -0.3 is 5.32 Å². The van der Waals surface area contributed by atoms with Gasteiger partial charge in [0.15, 0.2) is 0 Å². The van der Waals surface area contributed by atoms with Gasteiger partial charge in [0.1, 0.15) is 10.0 Å². The minimum Gasteiger partial charge on any atom is -0.306 e. The molecule has 3 nitrogen and oxygen atoms in total. The summed E-state index contributed by atoms with van der Waals surface area (Å²) in [5.74, 6) is 0. The molecule has 0 aliphatic carbocycles. The van der Waals surface area contributed by atoms with E-state index in [9.17, 15) is 0 Å². The average Bonchev–Trinajstić information content (AvgIpc) is 2.73. The fourth-order valence-electron chi connectivity index (χ4n) is 1.68. The first-order chi connectivity index (χ1) is 8.51. The number of nitrogens with zero attached hydrogens (tertiary/aromatic N) is 2. The molecule has 0 saturated heterocycles. The smallest absolute Gasteiger partial charge is 0.131 e. The molecule has 0 bridgehead atoms. The van der Waals surface area contributed by atoms with Gasteiger partial charge in [-0.05, 0) is 27.2 Å². The highest BCUT2D eigenvalue weighted by molar-refractivity contribution is 7.11. The van der Waals surface area contributed by atoms with Crippen molar-refractivity contribution in [2.24, 2.45) is 0 Å². The molecule has 4 heteroatoms. The molecule has 1 N–H and O–H groups in total. The fraction of sp³-hybridized carbons (Fsp3) is 0.857. The zero-order valence-corrected chi connectivity index (χ0v) is 13.1. The normalized spacial score (nSPS) is 12.0. The first-order valence-electron chi connectivity index (χ1n) is 7.07. The maximum absolute atomic E-state index is 4.26. The SMILES string of the molecule is CCCCCCCc1nnc(CNC(C)(C)C)s1. The maximum atomic E-state index is 4.26. The predicted molar refractivity (Wildman–Crippen MR) is 79.0 cm³/mol. The van der Waals surface area contributed by atoms with Gasteiger partial charge in [0.2, 0.25) is 0 Å². The summed E-state index contributed by atoms with van der Waals surface area (Å²) in [4.78, 5) is 0. The lowest BCUT2D eigenvalue weighted by Gasteiger charge is -2.19. The standard InChI is InChI=1S/C14H27N3S/c1-5-6-7-8-9-10-12-16-17-13(18-12)11-15-14(2,3)4/h15H,5-11H2,1-4H3. The Balaban J connectivity index is 2.22. The van der Waals surface area contributed by atoms with Crippen LogP contribution in [0.15, 0.2) is 0 Å². The molecular weight excluding hydrogens is 242 g/mol. The summed E-state index contributed by atoms with van der Waals surface area (Å²) in [7, 11) is 0. The van der Waals surface area contributed by atoms with Gasteiger partial charge in [0.05, 0.1) is 6.54 Å². The van der Waals surface area contributed by atoms with E-state index in [-0.39, 0.29) is 5.54 Å². The summed E-state index contributed by atoms with van der Waals surface area (Å²) in [6, 6.07) is 0. The van der Waals surface area contributed by atoms with Crippen molar-refractivity contribution in [2.45, 2.75) is 78.3 Å². The van der Waals surface area contributed by atoms with Gasteiger partial charge in [-0.2, -0.15) is 0 Å². The fourth-order valence-corrected chi connectivity index (χ4v) is 2.51. The highest BCUT2D eigenvalue weighted by Crippen LogP contribution is 2.14. The van der Waals surface area contributed by atoms with Crippen molar-refractivity contribution in [3.8, 4) is 0 Å². The molecule has 1 rings (SSSR count).